The van der Waals surface area contributed by atoms with E-state index in [1.54, 1.807) is 0 Å². The summed E-state index contributed by atoms with van der Waals surface area (Å²) in [6, 6.07) is 0.587. The summed E-state index contributed by atoms with van der Waals surface area (Å²) in [6.45, 7) is 3.39. The minimum atomic E-state index is -0.0730. The van der Waals surface area contributed by atoms with Crippen molar-refractivity contribution in [3.8, 4) is 0 Å². The van der Waals surface area contributed by atoms with Crippen LogP contribution in [0.5, 0.6) is 0 Å². The van der Waals surface area contributed by atoms with Gasteiger partial charge in [0.1, 0.15) is 0 Å². The molecule has 1 aliphatic rings. The minimum Gasteiger partial charge on any atom is -0.466 e. The van der Waals surface area contributed by atoms with Gasteiger partial charge in [-0.05, 0) is 13.3 Å². The molecule has 1 heterocycles. The van der Waals surface area contributed by atoms with E-state index >= 15 is 0 Å². The lowest BCUT2D eigenvalue weighted by Gasteiger charge is -1.98. The van der Waals surface area contributed by atoms with Crippen LogP contribution in [0.4, 0.5) is 0 Å². The highest BCUT2D eigenvalue weighted by molar-refractivity contribution is 5.69. The topological polar surface area (TPSA) is 48.2 Å². The van der Waals surface area contributed by atoms with Gasteiger partial charge in [-0.2, -0.15) is 0 Å². The van der Waals surface area contributed by atoms with Gasteiger partial charge in [-0.3, -0.25) is 4.79 Å². The molecule has 1 aliphatic heterocycles. The highest BCUT2D eigenvalue weighted by Crippen LogP contribution is 2.06. The van der Waals surface area contributed by atoms with E-state index < -0.39 is 0 Å². The summed E-state index contributed by atoms with van der Waals surface area (Å²) in [6.07, 6.45) is 1.49. The zero-order chi connectivity index (χ0) is 7.40. The van der Waals surface area contributed by atoms with E-state index in [2.05, 4.69) is 5.32 Å². The number of nitrogens with one attached hydrogen (secondary N) is 1. The van der Waals surface area contributed by atoms with Crippen LogP contribution >= 0.6 is 0 Å². The second-order valence-corrected chi connectivity index (χ2v) is 2.45. The summed E-state index contributed by atoms with van der Waals surface area (Å²) in [7, 11) is 0. The lowest BCUT2D eigenvalue weighted by atomic mass is 10.2. The van der Waals surface area contributed by atoms with Crippen LogP contribution in [-0.4, -0.2) is 25.2 Å². The van der Waals surface area contributed by atoms with Gasteiger partial charge in [0.15, 0.2) is 0 Å². The molecule has 1 N–H and O–H groups in total. The summed E-state index contributed by atoms with van der Waals surface area (Å²) in [4.78, 5) is 10.7. The number of esters is 1. The Balaban J connectivity index is 1.94. The largest absolute Gasteiger partial charge is 0.466 e. The van der Waals surface area contributed by atoms with Crippen molar-refractivity contribution < 1.29 is 9.53 Å². The molecule has 1 fully saturated rings. The van der Waals surface area contributed by atoms with Crippen LogP contribution in [0.15, 0.2) is 0 Å². The Labute approximate surface area is 60.7 Å². The first-order valence-electron chi connectivity index (χ1n) is 3.72. The predicted octanol–water partition coefficient (Wildman–Crippen LogP) is 0.301. The molecule has 0 saturated carbocycles. The van der Waals surface area contributed by atoms with Crippen LogP contribution in [0.1, 0.15) is 19.8 Å². The summed E-state index contributed by atoms with van der Waals surface area (Å²) in [5, 5.41) is 3.12. The van der Waals surface area contributed by atoms with E-state index in [0.717, 1.165) is 13.0 Å². The molecular weight excluding hydrogens is 130 g/mol. The van der Waals surface area contributed by atoms with Crippen molar-refractivity contribution in [3.05, 3.63) is 0 Å². The first-order chi connectivity index (χ1) is 4.83. The van der Waals surface area contributed by atoms with Crippen molar-refractivity contribution in [1.82, 2.24) is 5.32 Å². The lowest BCUT2D eigenvalue weighted by Crippen LogP contribution is -2.05. The van der Waals surface area contributed by atoms with Crippen molar-refractivity contribution in [3.63, 3.8) is 0 Å². The predicted molar refractivity (Wildman–Crippen MR) is 37.7 cm³/mol. The highest BCUT2D eigenvalue weighted by Gasteiger charge is 2.20. The fourth-order valence-corrected chi connectivity index (χ4v) is 0.813. The van der Waals surface area contributed by atoms with Gasteiger partial charge in [0.25, 0.3) is 0 Å². The molecule has 3 heteroatoms. The van der Waals surface area contributed by atoms with Gasteiger partial charge in [-0.1, -0.05) is 0 Å². The molecule has 10 heavy (non-hydrogen) atoms. The Hall–Kier alpha value is -0.570. The lowest BCUT2D eigenvalue weighted by molar-refractivity contribution is -0.143. The standard InChI is InChI=1S/C7H13NO2/c1-2-10-7(9)4-3-6-5-8-6/h6,8H,2-5H2,1H3. The average Bonchev–Trinajstić information content (AvgIpc) is 2.67. The quantitative estimate of drug-likeness (QED) is 0.455. The fraction of sp³-hybridized carbons (Fsp3) is 0.857. The Morgan fingerprint density at radius 3 is 3.00 bits per heavy atom. The van der Waals surface area contributed by atoms with Gasteiger partial charge in [-0.25, -0.2) is 0 Å². The number of hydrogen-bond acceptors (Lipinski definition) is 3. The van der Waals surface area contributed by atoms with Crippen LogP contribution in [0.2, 0.25) is 0 Å². The molecule has 0 radical (unpaired) electrons. The maximum Gasteiger partial charge on any atom is 0.305 e. The van der Waals surface area contributed by atoms with Crippen LogP contribution < -0.4 is 5.32 Å². The number of carbonyl (C=O) groups excluding carboxylic acids is 1. The Kier molecular flexibility index (Phi) is 2.68. The van der Waals surface area contributed by atoms with Gasteiger partial charge in [0.2, 0.25) is 0 Å². The first kappa shape index (κ1) is 7.54. The zero-order valence-electron chi connectivity index (χ0n) is 6.22. The van der Waals surface area contributed by atoms with E-state index in [9.17, 15) is 4.79 Å². The van der Waals surface area contributed by atoms with E-state index in [4.69, 9.17) is 4.74 Å². The van der Waals surface area contributed by atoms with E-state index in [1.807, 2.05) is 6.92 Å². The third kappa shape index (κ3) is 2.82. The molecule has 58 valence electrons. The Bertz CT molecular complexity index is 121. The highest BCUT2D eigenvalue weighted by atomic mass is 16.5. The second-order valence-electron chi connectivity index (χ2n) is 2.45. The van der Waals surface area contributed by atoms with E-state index in [0.29, 0.717) is 19.1 Å². The van der Waals surface area contributed by atoms with Gasteiger partial charge in [-0.15, -0.1) is 0 Å². The minimum absolute atomic E-state index is 0.0730. The number of ether oxygens (including phenoxy) is 1. The normalized spacial score (nSPS) is 22.3. The van der Waals surface area contributed by atoms with Crippen LogP contribution in [-0.2, 0) is 9.53 Å². The molecule has 0 amide bonds. The second kappa shape index (κ2) is 3.56. The molecule has 0 aromatic carbocycles. The van der Waals surface area contributed by atoms with E-state index in [-0.39, 0.29) is 5.97 Å². The van der Waals surface area contributed by atoms with Crippen molar-refractivity contribution in [2.45, 2.75) is 25.8 Å². The molecule has 0 aromatic rings. The molecule has 1 atom stereocenters. The summed E-state index contributed by atoms with van der Waals surface area (Å²) in [5.41, 5.74) is 0. The van der Waals surface area contributed by atoms with Crippen LogP contribution in [0, 0.1) is 0 Å². The molecular formula is C7H13NO2. The van der Waals surface area contributed by atoms with Crippen molar-refractivity contribution >= 4 is 5.97 Å². The third-order valence-electron chi connectivity index (χ3n) is 1.50. The molecule has 1 unspecified atom stereocenters. The third-order valence-corrected chi connectivity index (χ3v) is 1.50. The van der Waals surface area contributed by atoms with Crippen LogP contribution in [0.3, 0.4) is 0 Å². The van der Waals surface area contributed by atoms with Gasteiger partial charge < -0.3 is 10.1 Å². The molecule has 0 bridgehead atoms. The van der Waals surface area contributed by atoms with E-state index in [1.165, 1.54) is 0 Å². The van der Waals surface area contributed by atoms with Gasteiger partial charge >= 0.3 is 5.97 Å². The zero-order valence-corrected chi connectivity index (χ0v) is 6.22. The SMILES string of the molecule is CCOC(=O)CCC1CN1. The number of rotatable bonds is 4. The van der Waals surface area contributed by atoms with Gasteiger partial charge in [0.05, 0.1) is 6.61 Å². The molecule has 1 saturated heterocycles. The summed E-state index contributed by atoms with van der Waals surface area (Å²) >= 11 is 0. The molecule has 3 nitrogen and oxygen atoms in total. The Morgan fingerprint density at radius 1 is 1.80 bits per heavy atom. The van der Waals surface area contributed by atoms with Crippen LogP contribution in [0.25, 0.3) is 0 Å². The maximum absolute atomic E-state index is 10.7. The molecule has 0 aromatic heterocycles. The fourth-order valence-electron chi connectivity index (χ4n) is 0.813. The van der Waals surface area contributed by atoms with Crippen molar-refractivity contribution in [2.24, 2.45) is 0 Å². The molecule has 0 spiro atoms. The smallest absolute Gasteiger partial charge is 0.305 e. The molecule has 1 rings (SSSR count). The van der Waals surface area contributed by atoms with Crippen molar-refractivity contribution in [2.75, 3.05) is 13.2 Å². The summed E-state index contributed by atoms with van der Waals surface area (Å²) < 4.78 is 4.75. The van der Waals surface area contributed by atoms with Gasteiger partial charge in [0, 0.05) is 19.0 Å². The summed E-state index contributed by atoms with van der Waals surface area (Å²) in [5.74, 6) is -0.0730. The molecule has 0 aliphatic carbocycles. The number of hydrogen-bond donors (Lipinski definition) is 1. The number of carbonyl (C=O) groups is 1. The maximum atomic E-state index is 10.7. The van der Waals surface area contributed by atoms with Crippen molar-refractivity contribution in [1.29, 1.82) is 0 Å². The Morgan fingerprint density at radius 2 is 2.50 bits per heavy atom. The monoisotopic (exact) mass is 143 g/mol. The average molecular weight is 143 g/mol. The first-order valence-corrected chi connectivity index (χ1v) is 3.72.